The predicted molar refractivity (Wildman–Crippen MR) is 212 cm³/mol. The maximum absolute atomic E-state index is 15.2. The third kappa shape index (κ3) is 5.54. The maximum Gasteiger partial charge on any atom is 0.303 e. The van der Waals surface area contributed by atoms with E-state index in [1.165, 1.54) is 21.6 Å². The van der Waals surface area contributed by atoms with Gasteiger partial charge in [-0.1, -0.05) is 23.3 Å². The second-order valence-corrected chi connectivity index (χ2v) is 17.9. The van der Waals surface area contributed by atoms with E-state index in [-0.39, 0.29) is 49.6 Å². The number of carbonyl (C=O) groups excluding carboxylic acids is 4. The van der Waals surface area contributed by atoms with Crippen LogP contribution in [0.1, 0.15) is 49.7 Å². The number of nitrogens with zero attached hydrogens (tertiary/aromatic N) is 4. The average molecular weight is 915 g/mol. The molecule has 8 rings (SSSR count). The van der Waals surface area contributed by atoms with E-state index in [1.54, 1.807) is 37.4 Å². The lowest BCUT2D eigenvalue weighted by atomic mass is 9.51. The first kappa shape index (κ1) is 37.9. The molecular weight excluding hydrogens is 880 g/mol. The normalized spacial score (nSPS) is 26.1. The number of thiophene rings is 1. The molecule has 2 aromatic heterocycles. The molecule has 12 nitrogen and oxygen atoms in total. The molecule has 4 aromatic rings. The third-order valence-electron chi connectivity index (χ3n) is 12.1. The summed E-state index contributed by atoms with van der Waals surface area (Å²) < 4.78 is 8.85. The lowest BCUT2D eigenvalue weighted by Gasteiger charge is -2.49. The zero-order valence-electron chi connectivity index (χ0n) is 30.1. The minimum atomic E-state index is -1.38. The smallest absolute Gasteiger partial charge is 0.303 e. The van der Waals surface area contributed by atoms with Crippen LogP contribution in [0.3, 0.4) is 0 Å². The van der Waals surface area contributed by atoms with E-state index < -0.39 is 58.7 Å². The van der Waals surface area contributed by atoms with Gasteiger partial charge in [-0.3, -0.25) is 33.6 Å². The molecule has 2 aliphatic heterocycles. The van der Waals surface area contributed by atoms with Crippen LogP contribution >= 0.6 is 54.8 Å². The second kappa shape index (κ2) is 13.6. The summed E-state index contributed by atoms with van der Waals surface area (Å²) in [4.78, 5) is 72.5. The summed E-state index contributed by atoms with van der Waals surface area (Å²) in [6.45, 7) is 3.75. The number of imide groups is 2. The van der Waals surface area contributed by atoms with Crippen molar-refractivity contribution in [2.24, 2.45) is 36.1 Å². The number of phenols is 1. The number of hydrogen-bond acceptors (Lipinski definition) is 9. The number of rotatable bonds is 8. The number of aromatic nitrogens is 2. The van der Waals surface area contributed by atoms with Crippen LogP contribution in [-0.2, 0) is 31.0 Å². The first-order valence-corrected chi connectivity index (χ1v) is 20.5. The van der Waals surface area contributed by atoms with E-state index in [0.717, 1.165) is 26.1 Å². The molecule has 6 atom stereocenters. The van der Waals surface area contributed by atoms with Crippen molar-refractivity contribution in [2.75, 3.05) is 18.6 Å². The largest absolute Gasteiger partial charge is 0.503 e. The molecule has 0 spiro atoms. The number of phenolic OH excluding ortho intramolecular Hbond substituents is 1. The molecule has 2 aromatic carbocycles. The summed E-state index contributed by atoms with van der Waals surface area (Å²) in [7, 11) is 3.10. The monoisotopic (exact) mass is 912 g/mol. The predicted octanol–water partition coefficient (Wildman–Crippen LogP) is 7.60. The number of carboxylic acid groups (broad SMARTS) is 1. The van der Waals surface area contributed by atoms with Crippen LogP contribution in [0.25, 0.3) is 20.7 Å². The van der Waals surface area contributed by atoms with Crippen LogP contribution in [0, 0.1) is 36.0 Å². The van der Waals surface area contributed by atoms with Crippen LogP contribution in [0.15, 0.2) is 50.9 Å². The zero-order chi connectivity index (χ0) is 39.4. The van der Waals surface area contributed by atoms with Gasteiger partial charge in [-0.25, -0.2) is 4.90 Å². The Labute approximate surface area is 341 Å². The molecule has 4 heterocycles. The molecule has 3 fully saturated rings. The van der Waals surface area contributed by atoms with Gasteiger partial charge >= 0.3 is 5.97 Å². The summed E-state index contributed by atoms with van der Waals surface area (Å²) in [6, 6.07) is 9.08. The summed E-state index contributed by atoms with van der Waals surface area (Å²) >= 11 is 15.0. The lowest BCUT2D eigenvalue weighted by Crippen LogP contribution is -2.49. The lowest BCUT2D eigenvalue weighted by molar-refractivity contribution is -0.142. The number of methoxy groups -OCH3 is 1. The Balaban J connectivity index is 1.25. The first-order chi connectivity index (χ1) is 26.1. The van der Waals surface area contributed by atoms with Crippen LogP contribution in [0.4, 0.5) is 5.82 Å². The third-order valence-corrected chi connectivity index (χ3v) is 15.7. The molecule has 16 heteroatoms. The number of fused-ring (bicyclic) bond motifs is 5. The van der Waals surface area contributed by atoms with Crippen LogP contribution < -0.4 is 9.64 Å². The molecule has 1 saturated carbocycles. The quantitative estimate of drug-likeness (QED) is 0.134. The molecule has 2 N–H and O–H groups in total. The second-order valence-electron chi connectivity index (χ2n) is 14.8. The van der Waals surface area contributed by atoms with Gasteiger partial charge < -0.3 is 14.9 Å². The number of aryl methyl sites for hydroxylation is 2. The van der Waals surface area contributed by atoms with Crippen molar-refractivity contribution >= 4 is 100 Å². The van der Waals surface area contributed by atoms with Crippen molar-refractivity contribution in [2.45, 2.75) is 45.4 Å². The van der Waals surface area contributed by atoms with Crippen molar-refractivity contribution < 1.29 is 38.9 Å². The molecule has 0 radical (unpaired) electrons. The number of anilines is 1. The number of likely N-dealkylation sites (tertiary alicyclic amines) is 1. The molecule has 55 heavy (non-hydrogen) atoms. The first-order valence-electron chi connectivity index (χ1n) is 17.7. The summed E-state index contributed by atoms with van der Waals surface area (Å²) in [5.41, 5.74) is 1.50. The maximum atomic E-state index is 15.2. The molecule has 2 aliphatic carbocycles. The highest BCUT2D eigenvalue weighted by atomic mass is 79.9. The Hall–Kier alpha value is -4.05. The van der Waals surface area contributed by atoms with Gasteiger partial charge in [0, 0.05) is 46.2 Å². The van der Waals surface area contributed by atoms with Gasteiger partial charge in [0.25, 0.3) is 0 Å². The highest BCUT2D eigenvalue weighted by molar-refractivity contribution is 9.13. The number of allylic oxidation sites excluding steroid dienone is 2. The number of benzene rings is 2. The molecule has 4 amide bonds. The van der Waals surface area contributed by atoms with Gasteiger partial charge in [0.1, 0.15) is 11.5 Å². The highest BCUT2D eigenvalue weighted by Crippen LogP contribution is 2.65. The summed E-state index contributed by atoms with van der Waals surface area (Å²) in [5, 5.41) is 26.5. The summed E-state index contributed by atoms with van der Waals surface area (Å²) in [5.74, 6) is -6.13. The van der Waals surface area contributed by atoms with Gasteiger partial charge in [-0.2, -0.15) is 5.10 Å². The molecule has 2 saturated heterocycles. The number of carbonyl (C=O) groups is 5. The van der Waals surface area contributed by atoms with Gasteiger partial charge in [-0.05, 0) is 112 Å². The fourth-order valence-corrected chi connectivity index (χ4v) is 11.7. The number of ether oxygens (including phenoxy) is 1. The fraction of sp³-hybridized carbons (Fsp3) is 0.385. The highest BCUT2D eigenvalue weighted by Gasteiger charge is 2.68. The van der Waals surface area contributed by atoms with Crippen molar-refractivity contribution in [1.29, 1.82) is 0 Å². The summed E-state index contributed by atoms with van der Waals surface area (Å²) in [6.07, 6.45) is 2.24. The van der Waals surface area contributed by atoms with Crippen molar-refractivity contribution in [1.82, 2.24) is 14.7 Å². The van der Waals surface area contributed by atoms with Crippen molar-refractivity contribution in [3.8, 4) is 22.1 Å². The number of aliphatic carboxylic acids is 1. The number of halogens is 3. The van der Waals surface area contributed by atoms with Crippen molar-refractivity contribution in [3.63, 3.8) is 0 Å². The zero-order valence-corrected chi connectivity index (χ0v) is 34.8. The molecule has 0 bridgehead atoms. The van der Waals surface area contributed by atoms with E-state index in [2.05, 4.69) is 31.9 Å². The van der Waals surface area contributed by atoms with Crippen LogP contribution in [0.5, 0.6) is 11.5 Å². The van der Waals surface area contributed by atoms with Crippen molar-refractivity contribution in [3.05, 3.63) is 67.1 Å². The van der Waals surface area contributed by atoms with Gasteiger partial charge in [0.15, 0.2) is 11.5 Å². The van der Waals surface area contributed by atoms with E-state index in [0.29, 0.717) is 31.0 Å². The Morgan fingerprint density at radius 2 is 1.84 bits per heavy atom. The molecule has 286 valence electrons. The number of amides is 4. The Morgan fingerprint density at radius 3 is 2.55 bits per heavy atom. The Morgan fingerprint density at radius 1 is 1.09 bits per heavy atom. The average Bonchev–Trinajstić information content (AvgIpc) is 3.81. The molecular formula is C39H35Br2ClN4O8S. The standard InChI is InChI=1S/C39H35Br2ClN4O8S/c1-16-20-12-17(42)7-10-26(20)55-34(16)24-15-27(44(3)43-24)46-36(51)23-13-21-18(8-9-19-29(21)37(52)45(35(19)50)11-5-6-28(47)48)30(39(23,2)38(46)53)22-14-25(54-4)33(49)32(41)31(22)40/h7-8,10,12,14-15,19,21,23,29-30,49H,5-6,9,11,13H2,1-4H3,(H,47,48)/t19-,21+,23-,29-,30+,39+/m0/s1. The number of aromatic hydroxyl groups is 1. The SMILES string of the molecule is COc1cc([C@H]2C3=CC[C@@H]4C(=O)N(CCCC(=O)O)C(=O)[C@@H]4[C@@H]3C[C@H]3C(=O)N(c4cc(-c5sc6ccc(Cl)cc6c5C)nn4C)C(=O)[C@@]23C)c(Br)c(Br)c1O. The van der Waals surface area contributed by atoms with E-state index in [1.807, 2.05) is 31.2 Å². The minimum Gasteiger partial charge on any atom is -0.503 e. The van der Waals surface area contributed by atoms with Gasteiger partial charge in [0.05, 0.1) is 39.6 Å². The molecule has 4 aliphatic rings. The van der Waals surface area contributed by atoms with Crippen LogP contribution in [0.2, 0.25) is 5.02 Å². The Bertz CT molecular complexity index is 2430. The minimum absolute atomic E-state index is 0.0163. The number of carboxylic acids is 1. The number of hydrogen-bond donors (Lipinski definition) is 2. The van der Waals surface area contributed by atoms with E-state index in [9.17, 15) is 29.4 Å². The molecule has 0 unspecified atom stereocenters. The van der Waals surface area contributed by atoms with E-state index >= 15 is 4.79 Å². The van der Waals surface area contributed by atoms with E-state index in [4.69, 9.17) is 21.4 Å². The fourth-order valence-electron chi connectivity index (χ4n) is 9.44. The Kier molecular flexibility index (Phi) is 9.33. The topological polar surface area (TPSA) is 159 Å². The van der Waals surface area contributed by atoms with Gasteiger partial charge in [-0.15, -0.1) is 11.3 Å². The van der Waals surface area contributed by atoms with Gasteiger partial charge in [0.2, 0.25) is 23.6 Å². The van der Waals surface area contributed by atoms with Crippen LogP contribution in [-0.4, -0.2) is 68.1 Å².